The van der Waals surface area contributed by atoms with Crippen molar-refractivity contribution in [2.75, 3.05) is 31.1 Å². The molecule has 0 radical (unpaired) electrons. The van der Waals surface area contributed by atoms with E-state index in [4.69, 9.17) is 5.73 Å². The Hall–Kier alpha value is -1.62. The lowest BCUT2D eigenvalue weighted by molar-refractivity contribution is -0.137. The minimum Gasteiger partial charge on any atom is -0.368 e. The van der Waals surface area contributed by atoms with E-state index in [9.17, 15) is 9.18 Å². The molecule has 1 aliphatic heterocycles. The predicted octanol–water partition coefficient (Wildman–Crippen LogP) is 1.75. The zero-order valence-corrected chi connectivity index (χ0v) is 12.2. The predicted molar refractivity (Wildman–Crippen MR) is 80.6 cm³/mol. The number of benzene rings is 1. The Morgan fingerprint density at radius 2 is 1.62 bits per heavy atom. The molecule has 0 unspecified atom stereocenters. The quantitative estimate of drug-likeness (QED) is 0.903. The van der Waals surface area contributed by atoms with Gasteiger partial charge in [-0.15, -0.1) is 0 Å². The number of anilines is 1. The zero-order valence-electron chi connectivity index (χ0n) is 12.2. The molecule has 2 fully saturated rings. The molecule has 0 atom stereocenters. The highest BCUT2D eigenvalue weighted by Gasteiger charge is 2.40. The molecule has 21 heavy (non-hydrogen) atoms. The van der Waals surface area contributed by atoms with E-state index >= 15 is 0 Å². The first-order chi connectivity index (χ1) is 10.1. The van der Waals surface area contributed by atoms with Gasteiger partial charge in [-0.1, -0.05) is 12.8 Å². The fourth-order valence-corrected chi connectivity index (χ4v) is 3.35. The van der Waals surface area contributed by atoms with Crippen molar-refractivity contribution in [1.82, 2.24) is 4.90 Å². The van der Waals surface area contributed by atoms with Crippen LogP contribution in [0.5, 0.6) is 0 Å². The summed E-state index contributed by atoms with van der Waals surface area (Å²) in [6.07, 6.45) is 3.73. The molecular formula is C16H22FN3O. The third kappa shape index (κ3) is 2.88. The maximum atomic E-state index is 13.0. The number of nitrogens with zero attached hydrogens (tertiary/aromatic N) is 2. The fourth-order valence-electron chi connectivity index (χ4n) is 3.35. The van der Waals surface area contributed by atoms with Crippen molar-refractivity contribution in [3.63, 3.8) is 0 Å². The van der Waals surface area contributed by atoms with Gasteiger partial charge in [0.1, 0.15) is 5.82 Å². The van der Waals surface area contributed by atoms with Crippen LogP contribution < -0.4 is 10.6 Å². The number of nitrogens with two attached hydrogens (primary N) is 1. The number of hydrogen-bond acceptors (Lipinski definition) is 3. The smallest absolute Gasteiger partial charge is 0.242 e. The summed E-state index contributed by atoms with van der Waals surface area (Å²) in [6, 6.07) is 6.52. The van der Waals surface area contributed by atoms with Gasteiger partial charge in [0, 0.05) is 31.9 Å². The van der Waals surface area contributed by atoms with E-state index in [1.165, 1.54) is 12.1 Å². The minimum absolute atomic E-state index is 0.110. The van der Waals surface area contributed by atoms with Crippen LogP contribution in [-0.2, 0) is 4.79 Å². The summed E-state index contributed by atoms with van der Waals surface area (Å²) in [6.45, 7) is 2.92. The van der Waals surface area contributed by atoms with Crippen molar-refractivity contribution in [2.24, 2.45) is 5.73 Å². The normalized spacial score (nSPS) is 21.6. The van der Waals surface area contributed by atoms with Crippen LogP contribution in [0.2, 0.25) is 0 Å². The third-order valence-electron chi connectivity index (χ3n) is 4.68. The van der Waals surface area contributed by atoms with Crippen LogP contribution in [0, 0.1) is 5.82 Å². The van der Waals surface area contributed by atoms with Crippen molar-refractivity contribution in [1.29, 1.82) is 0 Å². The SMILES string of the molecule is NC1(C(=O)N2CCN(c3ccc(F)cc3)CC2)CCCC1. The molecule has 1 saturated heterocycles. The van der Waals surface area contributed by atoms with E-state index in [2.05, 4.69) is 4.90 Å². The average Bonchev–Trinajstić information content (AvgIpc) is 2.96. The summed E-state index contributed by atoms with van der Waals surface area (Å²) in [5.41, 5.74) is 6.63. The van der Waals surface area contributed by atoms with Crippen molar-refractivity contribution in [3.05, 3.63) is 30.1 Å². The summed E-state index contributed by atoms with van der Waals surface area (Å²) in [7, 11) is 0. The summed E-state index contributed by atoms with van der Waals surface area (Å²) >= 11 is 0. The number of carbonyl (C=O) groups is 1. The van der Waals surface area contributed by atoms with Gasteiger partial charge in [-0.25, -0.2) is 4.39 Å². The Balaban J connectivity index is 1.60. The lowest BCUT2D eigenvalue weighted by Gasteiger charge is -2.39. The number of amides is 1. The molecule has 0 aromatic heterocycles. The summed E-state index contributed by atoms with van der Waals surface area (Å²) in [4.78, 5) is 16.6. The molecule has 5 heteroatoms. The summed E-state index contributed by atoms with van der Waals surface area (Å²) in [5, 5.41) is 0. The van der Waals surface area contributed by atoms with E-state index in [0.717, 1.165) is 44.5 Å². The molecule has 0 bridgehead atoms. The van der Waals surface area contributed by atoms with Crippen LogP contribution in [-0.4, -0.2) is 42.5 Å². The summed E-state index contributed by atoms with van der Waals surface area (Å²) in [5.74, 6) is -0.113. The molecule has 2 N–H and O–H groups in total. The van der Waals surface area contributed by atoms with Gasteiger partial charge in [0.15, 0.2) is 0 Å². The van der Waals surface area contributed by atoms with Gasteiger partial charge in [0.05, 0.1) is 5.54 Å². The number of piperazine rings is 1. The van der Waals surface area contributed by atoms with Gasteiger partial charge in [-0.2, -0.15) is 0 Å². The third-order valence-corrected chi connectivity index (χ3v) is 4.68. The Labute approximate surface area is 124 Å². The van der Waals surface area contributed by atoms with Gasteiger partial charge in [-0.05, 0) is 37.1 Å². The second kappa shape index (κ2) is 5.64. The minimum atomic E-state index is -0.627. The molecule has 4 nitrogen and oxygen atoms in total. The molecule has 1 aliphatic carbocycles. The molecule has 1 saturated carbocycles. The van der Waals surface area contributed by atoms with Crippen molar-refractivity contribution < 1.29 is 9.18 Å². The summed E-state index contributed by atoms with van der Waals surface area (Å²) < 4.78 is 13.0. The van der Waals surface area contributed by atoms with Gasteiger partial charge >= 0.3 is 0 Å². The fraction of sp³-hybridized carbons (Fsp3) is 0.562. The zero-order chi connectivity index (χ0) is 14.9. The number of halogens is 1. The average molecular weight is 291 g/mol. The standard InChI is InChI=1S/C16H22FN3O/c17-13-3-5-14(6-4-13)19-9-11-20(12-10-19)15(21)16(18)7-1-2-8-16/h3-6H,1-2,7-12,18H2. The van der Waals surface area contributed by atoms with Crippen molar-refractivity contribution in [2.45, 2.75) is 31.2 Å². The Kier molecular flexibility index (Phi) is 3.85. The van der Waals surface area contributed by atoms with Crippen molar-refractivity contribution in [3.8, 4) is 0 Å². The van der Waals surface area contributed by atoms with Crippen LogP contribution in [0.25, 0.3) is 0 Å². The monoisotopic (exact) mass is 291 g/mol. The van der Waals surface area contributed by atoms with Gasteiger partial charge < -0.3 is 15.5 Å². The lowest BCUT2D eigenvalue weighted by Crippen LogP contribution is -2.58. The van der Waals surface area contributed by atoms with Crippen LogP contribution in [0.3, 0.4) is 0 Å². The molecule has 3 rings (SSSR count). The Morgan fingerprint density at radius 3 is 2.19 bits per heavy atom. The molecule has 2 aliphatic rings. The van der Waals surface area contributed by atoms with E-state index in [-0.39, 0.29) is 11.7 Å². The molecular weight excluding hydrogens is 269 g/mol. The Bertz CT molecular complexity index is 503. The first kappa shape index (κ1) is 14.3. The molecule has 0 spiro atoms. The van der Waals surface area contributed by atoms with Crippen LogP contribution in [0.15, 0.2) is 24.3 Å². The van der Waals surface area contributed by atoms with Crippen molar-refractivity contribution >= 4 is 11.6 Å². The van der Waals surface area contributed by atoms with Gasteiger partial charge in [-0.3, -0.25) is 4.79 Å². The van der Waals surface area contributed by atoms with Gasteiger partial charge in [0.2, 0.25) is 5.91 Å². The first-order valence-corrected chi connectivity index (χ1v) is 7.67. The highest BCUT2D eigenvalue weighted by Crippen LogP contribution is 2.29. The van der Waals surface area contributed by atoms with E-state index in [0.29, 0.717) is 13.1 Å². The first-order valence-electron chi connectivity index (χ1n) is 7.67. The molecule has 114 valence electrons. The van der Waals surface area contributed by atoms with E-state index in [1.807, 2.05) is 4.90 Å². The van der Waals surface area contributed by atoms with E-state index in [1.54, 1.807) is 12.1 Å². The maximum Gasteiger partial charge on any atom is 0.242 e. The highest BCUT2D eigenvalue weighted by molar-refractivity contribution is 5.86. The molecule has 1 heterocycles. The Morgan fingerprint density at radius 1 is 1.05 bits per heavy atom. The van der Waals surface area contributed by atoms with Crippen LogP contribution >= 0.6 is 0 Å². The molecule has 1 aromatic rings. The van der Waals surface area contributed by atoms with E-state index < -0.39 is 5.54 Å². The van der Waals surface area contributed by atoms with Gasteiger partial charge in [0.25, 0.3) is 0 Å². The second-order valence-electron chi connectivity index (χ2n) is 6.12. The largest absolute Gasteiger partial charge is 0.368 e. The highest BCUT2D eigenvalue weighted by atomic mass is 19.1. The number of hydrogen-bond donors (Lipinski definition) is 1. The second-order valence-corrected chi connectivity index (χ2v) is 6.12. The topological polar surface area (TPSA) is 49.6 Å². The van der Waals surface area contributed by atoms with Crippen LogP contribution in [0.1, 0.15) is 25.7 Å². The maximum absolute atomic E-state index is 13.0. The van der Waals surface area contributed by atoms with Crippen LogP contribution in [0.4, 0.5) is 10.1 Å². The number of carbonyl (C=O) groups excluding carboxylic acids is 1. The molecule has 1 amide bonds. The number of rotatable bonds is 2. The lowest BCUT2D eigenvalue weighted by atomic mass is 9.97. The molecule has 1 aromatic carbocycles.